The normalized spacial score (nSPS) is 11.1. The molecule has 3 nitrogen and oxygen atoms in total. The highest BCUT2D eigenvalue weighted by atomic mass is 35.5. The lowest BCUT2D eigenvalue weighted by atomic mass is 9.94. The Labute approximate surface area is 140 Å². The molecule has 23 heavy (non-hydrogen) atoms. The number of amides is 2. The molecular weight excluding hydrogens is 315 g/mol. The summed E-state index contributed by atoms with van der Waals surface area (Å²) in [4.78, 5) is 12.0. The average molecular weight is 335 g/mol. The Morgan fingerprint density at radius 1 is 1.09 bits per heavy atom. The van der Waals surface area contributed by atoms with Gasteiger partial charge in [-0.25, -0.2) is 9.18 Å². The van der Waals surface area contributed by atoms with Gasteiger partial charge in [0.2, 0.25) is 0 Å². The minimum atomic E-state index is -0.509. The maximum atomic E-state index is 12.8. The van der Waals surface area contributed by atoms with Gasteiger partial charge in [0.15, 0.2) is 0 Å². The molecule has 0 radical (unpaired) electrons. The highest BCUT2D eigenvalue weighted by molar-refractivity contribution is 6.30. The highest BCUT2D eigenvalue weighted by Crippen LogP contribution is 2.21. The topological polar surface area (TPSA) is 41.1 Å². The SMILES string of the molecule is CC(C)(NC(=O)NCCc1ccc(F)cc1)c1ccc(Cl)cc1. The minimum absolute atomic E-state index is 0.243. The molecule has 2 N–H and O–H groups in total. The van der Waals surface area contributed by atoms with Crippen LogP contribution in [0.3, 0.4) is 0 Å². The molecule has 0 bridgehead atoms. The van der Waals surface area contributed by atoms with Gasteiger partial charge in [0.05, 0.1) is 5.54 Å². The smallest absolute Gasteiger partial charge is 0.315 e. The fourth-order valence-electron chi connectivity index (χ4n) is 2.24. The van der Waals surface area contributed by atoms with Crippen LogP contribution in [0.15, 0.2) is 48.5 Å². The summed E-state index contributed by atoms with van der Waals surface area (Å²) in [5, 5.41) is 6.41. The second-order valence-corrected chi connectivity index (χ2v) is 6.33. The molecule has 0 aliphatic carbocycles. The number of benzene rings is 2. The van der Waals surface area contributed by atoms with Crippen molar-refractivity contribution in [3.63, 3.8) is 0 Å². The zero-order chi connectivity index (χ0) is 16.9. The van der Waals surface area contributed by atoms with Crippen molar-refractivity contribution in [2.75, 3.05) is 6.54 Å². The van der Waals surface area contributed by atoms with E-state index in [1.807, 2.05) is 26.0 Å². The summed E-state index contributed by atoms with van der Waals surface area (Å²) < 4.78 is 12.8. The molecule has 122 valence electrons. The quantitative estimate of drug-likeness (QED) is 0.843. The largest absolute Gasteiger partial charge is 0.338 e. The fraction of sp³-hybridized carbons (Fsp3) is 0.278. The van der Waals surface area contributed by atoms with Gasteiger partial charge in [0.1, 0.15) is 5.82 Å². The van der Waals surface area contributed by atoms with Crippen molar-refractivity contribution in [3.05, 3.63) is 70.5 Å². The van der Waals surface area contributed by atoms with Crippen molar-refractivity contribution in [3.8, 4) is 0 Å². The lowest BCUT2D eigenvalue weighted by Gasteiger charge is -2.27. The monoisotopic (exact) mass is 334 g/mol. The Morgan fingerprint density at radius 2 is 1.70 bits per heavy atom. The van der Waals surface area contributed by atoms with E-state index in [9.17, 15) is 9.18 Å². The molecule has 0 fully saturated rings. The summed E-state index contributed by atoms with van der Waals surface area (Å²) in [6.07, 6.45) is 0.648. The number of nitrogens with one attached hydrogen (secondary N) is 2. The van der Waals surface area contributed by atoms with E-state index in [4.69, 9.17) is 11.6 Å². The van der Waals surface area contributed by atoms with Gasteiger partial charge in [-0.3, -0.25) is 0 Å². The molecule has 5 heteroatoms. The molecule has 2 aromatic carbocycles. The molecule has 0 saturated carbocycles. The van der Waals surface area contributed by atoms with Gasteiger partial charge >= 0.3 is 6.03 Å². The van der Waals surface area contributed by atoms with Crippen LogP contribution in [-0.2, 0) is 12.0 Å². The number of carbonyl (C=O) groups excluding carboxylic acids is 1. The zero-order valence-corrected chi connectivity index (χ0v) is 14.0. The second-order valence-electron chi connectivity index (χ2n) is 5.89. The molecule has 0 aliphatic heterocycles. The first-order valence-corrected chi connectivity index (χ1v) is 7.81. The third kappa shape index (κ3) is 5.25. The van der Waals surface area contributed by atoms with Crippen LogP contribution in [0.2, 0.25) is 5.02 Å². The molecule has 2 aromatic rings. The van der Waals surface area contributed by atoms with Crippen LogP contribution < -0.4 is 10.6 Å². The van der Waals surface area contributed by atoms with Crippen LogP contribution in [0.25, 0.3) is 0 Å². The van der Waals surface area contributed by atoms with Crippen LogP contribution in [0.5, 0.6) is 0 Å². The Hall–Kier alpha value is -2.07. The van der Waals surface area contributed by atoms with Crippen LogP contribution in [0.4, 0.5) is 9.18 Å². The second kappa shape index (κ2) is 7.47. The van der Waals surface area contributed by atoms with Crippen LogP contribution in [0, 0.1) is 5.82 Å². The average Bonchev–Trinajstić information content (AvgIpc) is 2.49. The highest BCUT2D eigenvalue weighted by Gasteiger charge is 2.22. The van der Waals surface area contributed by atoms with E-state index >= 15 is 0 Å². The number of hydrogen-bond donors (Lipinski definition) is 2. The van der Waals surface area contributed by atoms with Crippen molar-refractivity contribution >= 4 is 17.6 Å². The molecule has 0 atom stereocenters. The van der Waals surface area contributed by atoms with Gasteiger partial charge in [-0.05, 0) is 55.7 Å². The Morgan fingerprint density at radius 3 is 2.30 bits per heavy atom. The van der Waals surface area contributed by atoms with Crippen LogP contribution in [-0.4, -0.2) is 12.6 Å². The van der Waals surface area contributed by atoms with Crippen molar-refractivity contribution in [1.29, 1.82) is 0 Å². The standard InChI is InChI=1S/C18H20ClFN2O/c1-18(2,14-5-7-15(19)8-6-14)22-17(23)21-12-11-13-3-9-16(20)10-4-13/h3-10H,11-12H2,1-2H3,(H2,21,22,23). The molecule has 0 heterocycles. The zero-order valence-electron chi connectivity index (χ0n) is 13.2. The first-order valence-electron chi connectivity index (χ1n) is 7.43. The maximum Gasteiger partial charge on any atom is 0.315 e. The van der Waals surface area contributed by atoms with Gasteiger partial charge in [-0.1, -0.05) is 35.9 Å². The van der Waals surface area contributed by atoms with Crippen LogP contribution >= 0.6 is 11.6 Å². The van der Waals surface area contributed by atoms with Gasteiger partial charge < -0.3 is 10.6 Å². The van der Waals surface area contributed by atoms with Crippen molar-refractivity contribution in [1.82, 2.24) is 10.6 Å². The van der Waals surface area contributed by atoms with Gasteiger partial charge in [0.25, 0.3) is 0 Å². The molecule has 0 saturated heterocycles. The van der Waals surface area contributed by atoms with E-state index in [0.29, 0.717) is 18.0 Å². The molecule has 0 unspecified atom stereocenters. The molecule has 2 rings (SSSR count). The number of rotatable bonds is 5. The molecule has 0 spiro atoms. The number of urea groups is 1. The first-order chi connectivity index (χ1) is 10.9. The van der Waals surface area contributed by atoms with Gasteiger partial charge in [0, 0.05) is 11.6 Å². The Bertz CT molecular complexity index is 654. The van der Waals surface area contributed by atoms with Crippen molar-refractivity contribution in [2.24, 2.45) is 0 Å². The third-order valence-electron chi connectivity index (χ3n) is 3.60. The summed E-state index contributed by atoms with van der Waals surface area (Å²) in [5.41, 5.74) is 1.43. The van der Waals surface area contributed by atoms with E-state index < -0.39 is 5.54 Å². The maximum absolute atomic E-state index is 12.8. The fourth-order valence-corrected chi connectivity index (χ4v) is 2.36. The Balaban J connectivity index is 1.83. The third-order valence-corrected chi connectivity index (χ3v) is 3.86. The number of hydrogen-bond acceptors (Lipinski definition) is 1. The number of halogens is 2. The van der Waals surface area contributed by atoms with E-state index in [1.54, 1.807) is 24.3 Å². The van der Waals surface area contributed by atoms with Gasteiger partial charge in [-0.15, -0.1) is 0 Å². The summed E-state index contributed by atoms with van der Waals surface area (Å²) in [7, 11) is 0. The predicted molar refractivity (Wildman–Crippen MR) is 91.1 cm³/mol. The van der Waals surface area contributed by atoms with E-state index in [-0.39, 0.29) is 11.8 Å². The Kier molecular flexibility index (Phi) is 5.61. The van der Waals surface area contributed by atoms with Crippen molar-refractivity contribution < 1.29 is 9.18 Å². The summed E-state index contributed by atoms with van der Waals surface area (Å²) in [6.45, 7) is 4.33. The summed E-state index contributed by atoms with van der Waals surface area (Å²) in [5.74, 6) is -0.260. The molecule has 2 amide bonds. The van der Waals surface area contributed by atoms with E-state index in [0.717, 1.165) is 11.1 Å². The molecular formula is C18H20ClFN2O. The van der Waals surface area contributed by atoms with Crippen molar-refractivity contribution in [2.45, 2.75) is 25.8 Å². The lowest BCUT2D eigenvalue weighted by molar-refractivity contribution is 0.230. The summed E-state index contributed by atoms with van der Waals surface area (Å²) >= 11 is 5.88. The first kappa shape index (κ1) is 17.3. The van der Waals surface area contributed by atoms with E-state index in [1.165, 1.54) is 12.1 Å². The lowest BCUT2D eigenvalue weighted by Crippen LogP contribution is -2.46. The van der Waals surface area contributed by atoms with Gasteiger partial charge in [-0.2, -0.15) is 0 Å². The molecule has 0 aromatic heterocycles. The molecule has 0 aliphatic rings. The predicted octanol–water partition coefficient (Wildman–Crippen LogP) is 4.26. The number of carbonyl (C=O) groups is 1. The minimum Gasteiger partial charge on any atom is -0.338 e. The van der Waals surface area contributed by atoms with E-state index in [2.05, 4.69) is 10.6 Å². The summed E-state index contributed by atoms with van der Waals surface area (Å²) in [6, 6.07) is 13.4. The van der Waals surface area contributed by atoms with Crippen LogP contribution in [0.1, 0.15) is 25.0 Å².